The van der Waals surface area contributed by atoms with Crippen LogP contribution in [0.1, 0.15) is 50.6 Å². The Morgan fingerprint density at radius 2 is 2.00 bits per heavy atom. The fraction of sp³-hybridized carbons (Fsp3) is 0.591. The number of hydrogen-bond acceptors (Lipinski definition) is 6. The Balaban J connectivity index is 1.25. The van der Waals surface area contributed by atoms with Crippen LogP contribution in [0.5, 0.6) is 0 Å². The van der Waals surface area contributed by atoms with Gasteiger partial charge in [-0.15, -0.1) is 5.10 Å². The van der Waals surface area contributed by atoms with E-state index in [-0.39, 0.29) is 24.8 Å². The summed E-state index contributed by atoms with van der Waals surface area (Å²) >= 11 is 0. The molecule has 4 rings (SSSR count). The van der Waals surface area contributed by atoms with E-state index in [0.29, 0.717) is 17.9 Å². The smallest absolute Gasteiger partial charge is 0.319 e. The number of anilines is 1. The predicted octanol–water partition coefficient (Wildman–Crippen LogP) is 2.16. The van der Waals surface area contributed by atoms with E-state index in [4.69, 9.17) is 4.74 Å². The van der Waals surface area contributed by atoms with Crippen LogP contribution in [0.25, 0.3) is 0 Å². The van der Waals surface area contributed by atoms with E-state index in [2.05, 4.69) is 20.9 Å². The van der Waals surface area contributed by atoms with Crippen LogP contribution in [0.2, 0.25) is 0 Å². The molecule has 2 aliphatic rings. The first-order chi connectivity index (χ1) is 15.1. The molecule has 9 nitrogen and oxygen atoms in total. The van der Waals surface area contributed by atoms with Gasteiger partial charge in [0, 0.05) is 12.2 Å². The van der Waals surface area contributed by atoms with Crippen molar-refractivity contribution >= 4 is 11.7 Å². The Morgan fingerprint density at radius 1 is 1.23 bits per heavy atom. The number of benzene rings is 1. The topological polar surface area (TPSA) is 122 Å². The average Bonchev–Trinajstić information content (AvgIpc) is 3.44. The van der Waals surface area contributed by atoms with Gasteiger partial charge >= 0.3 is 6.03 Å². The molecule has 2 amide bonds. The number of urea groups is 1. The largest absolute Gasteiger partial charge is 0.394 e. The molecule has 2 fully saturated rings. The van der Waals surface area contributed by atoms with E-state index in [1.807, 2.05) is 36.5 Å². The van der Waals surface area contributed by atoms with Gasteiger partial charge in [0.05, 0.1) is 24.9 Å². The zero-order valence-electron chi connectivity index (χ0n) is 17.6. The molecule has 0 bridgehead atoms. The second-order valence-corrected chi connectivity index (χ2v) is 8.52. The van der Waals surface area contributed by atoms with Crippen molar-refractivity contribution in [3.05, 3.63) is 42.2 Å². The minimum atomic E-state index is -0.833. The van der Waals surface area contributed by atoms with E-state index in [1.54, 1.807) is 4.68 Å². The van der Waals surface area contributed by atoms with E-state index < -0.39 is 11.7 Å². The first-order valence-corrected chi connectivity index (χ1v) is 11.1. The molecule has 31 heavy (non-hydrogen) atoms. The molecule has 2 aromatic rings. The maximum absolute atomic E-state index is 12.3. The van der Waals surface area contributed by atoms with E-state index in [0.717, 1.165) is 44.9 Å². The number of aliphatic hydroxyl groups excluding tert-OH is 1. The molecule has 0 unspecified atom stereocenters. The van der Waals surface area contributed by atoms with E-state index in [9.17, 15) is 15.0 Å². The molecule has 3 atom stereocenters. The van der Waals surface area contributed by atoms with Crippen molar-refractivity contribution in [3.8, 4) is 0 Å². The van der Waals surface area contributed by atoms with Crippen LogP contribution in [0.3, 0.4) is 0 Å². The number of hydrogen-bond donors (Lipinski definition) is 4. The van der Waals surface area contributed by atoms with Gasteiger partial charge < -0.3 is 25.6 Å². The number of para-hydroxylation sites is 1. The first-order valence-electron chi connectivity index (χ1n) is 11.1. The quantitative estimate of drug-likeness (QED) is 0.535. The Hall–Kier alpha value is -2.49. The molecule has 1 aromatic heterocycles. The lowest BCUT2D eigenvalue weighted by Crippen LogP contribution is -2.52. The summed E-state index contributed by atoms with van der Waals surface area (Å²) < 4.78 is 7.79. The van der Waals surface area contributed by atoms with Gasteiger partial charge in [0.15, 0.2) is 0 Å². The summed E-state index contributed by atoms with van der Waals surface area (Å²) in [6.45, 7) is 0.464. The molecule has 1 aliphatic carbocycles. The van der Waals surface area contributed by atoms with Crippen molar-refractivity contribution in [1.82, 2.24) is 20.3 Å². The fourth-order valence-electron chi connectivity index (χ4n) is 4.48. The number of carbonyl (C=O) groups excluding carboxylic acids is 1. The van der Waals surface area contributed by atoms with Crippen LogP contribution in [-0.4, -0.2) is 56.1 Å². The zero-order valence-corrected chi connectivity index (χ0v) is 17.6. The van der Waals surface area contributed by atoms with Gasteiger partial charge in [0.25, 0.3) is 0 Å². The molecular formula is C22H31N5O4. The molecule has 1 saturated carbocycles. The first kappa shape index (κ1) is 21.7. The SMILES string of the molecule is O=C(Nc1ccccc1)N[C@@H]1CC[C@H](CCn2cc(C3(O)CCCC3)nn2)O[C@@H]1CO. The third-order valence-electron chi connectivity index (χ3n) is 6.27. The number of nitrogens with one attached hydrogen (secondary N) is 2. The molecule has 0 radical (unpaired) electrons. The third kappa shape index (κ3) is 5.41. The average molecular weight is 430 g/mol. The summed E-state index contributed by atoms with van der Waals surface area (Å²) in [4.78, 5) is 12.3. The van der Waals surface area contributed by atoms with E-state index in [1.165, 1.54) is 0 Å². The minimum absolute atomic E-state index is 0.0328. The van der Waals surface area contributed by atoms with Gasteiger partial charge in [-0.05, 0) is 44.2 Å². The van der Waals surface area contributed by atoms with Gasteiger partial charge in [-0.2, -0.15) is 0 Å². The van der Waals surface area contributed by atoms with Crippen LogP contribution in [-0.2, 0) is 16.9 Å². The number of aliphatic hydroxyl groups is 2. The van der Waals surface area contributed by atoms with Gasteiger partial charge in [-0.3, -0.25) is 4.68 Å². The number of ether oxygens (including phenoxy) is 1. The van der Waals surface area contributed by atoms with Crippen LogP contribution in [0.4, 0.5) is 10.5 Å². The molecule has 4 N–H and O–H groups in total. The van der Waals surface area contributed by atoms with Crippen molar-refractivity contribution < 1.29 is 19.7 Å². The molecule has 1 saturated heterocycles. The summed E-state index contributed by atoms with van der Waals surface area (Å²) in [6, 6.07) is 8.67. The fourth-order valence-corrected chi connectivity index (χ4v) is 4.48. The van der Waals surface area contributed by atoms with Gasteiger partial charge in [0.1, 0.15) is 17.4 Å². The summed E-state index contributed by atoms with van der Waals surface area (Å²) in [5, 5.41) is 34.5. The highest BCUT2D eigenvalue weighted by Gasteiger charge is 2.36. The number of nitrogens with zero attached hydrogens (tertiary/aromatic N) is 3. The Labute approximate surface area is 181 Å². The maximum atomic E-state index is 12.3. The monoisotopic (exact) mass is 429 g/mol. The van der Waals surface area contributed by atoms with Crippen molar-refractivity contribution in [3.63, 3.8) is 0 Å². The van der Waals surface area contributed by atoms with Crippen LogP contribution in [0.15, 0.2) is 36.5 Å². The van der Waals surface area contributed by atoms with Gasteiger partial charge in [-0.25, -0.2) is 4.79 Å². The molecular weight excluding hydrogens is 398 g/mol. The normalized spacial score (nSPS) is 25.3. The lowest BCUT2D eigenvalue weighted by Gasteiger charge is -2.36. The minimum Gasteiger partial charge on any atom is -0.394 e. The predicted molar refractivity (Wildman–Crippen MR) is 114 cm³/mol. The van der Waals surface area contributed by atoms with Crippen molar-refractivity contribution in [1.29, 1.82) is 0 Å². The molecule has 2 heterocycles. The summed E-state index contributed by atoms with van der Waals surface area (Å²) in [5.74, 6) is 0. The zero-order chi connectivity index (χ0) is 21.7. The van der Waals surface area contributed by atoms with Crippen molar-refractivity contribution in [2.75, 3.05) is 11.9 Å². The molecule has 168 valence electrons. The highest BCUT2D eigenvalue weighted by Crippen LogP contribution is 2.37. The number of rotatable bonds is 7. The highest BCUT2D eigenvalue weighted by molar-refractivity contribution is 5.89. The Bertz CT molecular complexity index is 853. The number of aryl methyl sites for hydroxylation is 1. The van der Waals surface area contributed by atoms with Crippen molar-refractivity contribution in [2.45, 2.75) is 75.3 Å². The summed E-state index contributed by atoms with van der Waals surface area (Å²) in [6.07, 6.45) is 7.07. The second-order valence-electron chi connectivity index (χ2n) is 8.52. The van der Waals surface area contributed by atoms with E-state index >= 15 is 0 Å². The lowest BCUT2D eigenvalue weighted by atomic mass is 9.97. The summed E-state index contributed by atoms with van der Waals surface area (Å²) in [5.41, 5.74) is 0.530. The van der Waals surface area contributed by atoms with Crippen LogP contribution >= 0.6 is 0 Å². The Morgan fingerprint density at radius 3 is 2.74 bits per heavy atom. The molecule has 0 spiro atoms. The van der Waals surface area contributed by atoms with Gasteiger partial charge in [-0.1, -0.05) is 36.3 Å². The van der Waals surface area contributed by atoms with Crippen LogP contribution in [0, 0.1) is 0 Å². The van der Waals surface area contributed by atoms with Gasteiger partial charge in [0.2, 0.25) is 0 Å². The maximum Gasteiger partial charge on any atom is 0.319 e. The second kappa shape index (κ2) is 9.76. The van der Waals surface area contributed by atoms with Crippen LogP contribution < -0.4 is 10.6 Å². The lowest BCUT2D eigenvalue weighted by molar-refractivity contribution is -0.0905. The third-order valence-corrected chi connectivity index (χ3v) is 6.27. The number of amides is 2. The molecule has 1 aromatic carbocycles. The molecule has 1 aliphatic heterocycles. The Kier molecular flexibility index (Phi) is 6.84. The van der Waals surface area contributed by atoms with Crippen molar-refractivity contribution in [2.24, 2.45) is 0 Å². The highest BCUT2D eigenvalue weighted by atomic mass is 16.5. The standard InChI is InChI=1S/C22H31N5O4/c28-15-19-18(24-21(29)23-16-6-2-1-3-7-16)9-8-17(31-19)10-13-27-14-20(25-26-27)22(30)11-4-5-12-22/h1-3,6-7,14,17-19,28,30H,4-5,8-13,15H2,(H2,23,24,29)/t17-,18-,19-/m1/s1. The number of carbonyl (C=O) groups is 1. The number of aromatic nitrogens is 3. The molecule has 9 heteroatoms. The summed E-state index contributed by atoms with van der Waals surface area (Å²) in [7, 11) is 0.